The first-order valence-corrected chi connectivity index (χ1v) is 7.07. The molecule has 94 valence electrons. The molecule has 0 spiro atoms. The average molecular weight is 304 g/mol. The van der Waals surface area contributed by atoms with Gasteiger partial charge in [-0.1, -0.05) is 53.2 Å². The molecule has 0 aromatic heterocycles. The van der Waals surface area contributed by atoms with E-state index in [-0.39, 0.29) is 0 Å². The second kappa shape index (κ2) is 6.05. The number of nitrogens with one attached hydrogen (secondary N) is 1. The van der Waals surface area contributed by atoms with Crippen LogP contribution in [0.3, 0.4) is 0 Å². The van der Waals surface area contributed by atoms with E-state index in [1.807, 2.05) is 0 Å². The molecule has 0 amide bonds. The van der Waals surface area contributed by atoms with Gasteiger partial charge in [-0.05, 0) is 42.7 Å². The van der Waals surface area contributed by atoms with E-state index < -0.39 is 0 Å². The van der Waals surface area contributed by atoms with E-state index in [1.54, 1.807) is 0 Å². The number of rotatable bonds is 4. The summed E-state index contributed by atoms with van der Waals surface area (Å²) in [6, 6.07) is 17.3. The Morgan fingerprint density at radius 2 is 1.83 bits per heavy atom. The maximum Gasteiger partial charge on any atom is 0.0511 e. The van der Waals surface area contributed by atoms with Crippen LogP contribution in [-0.4, -0.2) is 0 Å². The third-order valence-corrected chi connectivity index (χ3v) is 3.62. The number of halogens is 1. The molecule has 0 saturated carbocycles. The minimum Gasteiger partial charge on any atom is -0.378 e. The van der Waals surface area contributed by atoms with E-state index in [0.29, 0.717) is 6.04 Å². The van der Waals surface area contributed by atoms with Crippen LogP contribution in [0.1, 0.15) is 30.5 Å². The van der Waals surface area contributed by atoms with Crippen LogP contribution in [0.5, 0.6) is 0 Å². The van der Waals surface area contributed by atoms with Gasteiger partial charge in [-0.25, -0.2) is 0 Å². The van der Waals surface area contributed by atoms with Crippen molar-refractivity contribution in [2.24, 2.45) is 0 Å². The van der Waals surface area contributed by atoms with Crippen molar-refractivity contribution in [2.45, 2.75) is 26.3 Å². The van der Waals surface area contributed by atoms with E-state index in [4.69, 9.17) is 0 Å². The van der Waals surface area contributed by atoms with Crippen LogP contribution in [-0.2, 0) is 0 Å². The summed E-state index contributed by atoms with van der Waals surface area (Å²) in [5.41, 5.74) is 3.80. The number of aryl methyl sites for hydroxylation is 1. The summed E-state index contributed by atoms with van der Waals surface area (Å²) in [4.78, 5) is 0. The zero-order valence-corrected chi connectivity index (χ0v) is 12.4. The molecule has 2 heteroatoms. The molecule has 2 aromatic carbocycles. The fourth-order valence-corrected chi connectivity index (χ4v) is 2.56. The summed E-state index contributed by atoms with van der Waals surface area (Å²) in [5.74, 6) is 0. The van der Waals surface area contributed by atoms with Gasteiger partial charge < -0.3 is 5.32 Å². The Balaban J connectivity index is 2.21. The summed E-state index contributed by atoms with van der Waals surface area (Å²) < 4.78 is 1.12. The molecule has 1 atom stereocenters. The summed E-state index contributed by atoms with van der Waals surface area (Å²) in [5, 5.41) is 3.62. The molecule has 0 heterocycles. The highest BCUT2D eigenvalue weighted by molar-refractivity contribution is 9.10. The van der Waals surface area contributed by atoms with Crippen LogP contribution in [0.4, 0.5) is 5.69 Å². The van der Waals surface area contributed by atoms with Gasteiger partial charge in [-0.3, -0.25) is 0 Å². The maximum atomic E-state index is 3.62. The molecule has 2 aromatic rings. The van der Waals surface area contributed by atoms with Gasteiger partial charge in [0, 0.05) is 10.2 Å². The van der Waals surface area contributed by atoms with E-state index in [1.165, 1.54) is 16.8 Å². The van der Waals surface area contributed by atoms with Gasteiger partial charge in [0.1, 0.15) is 0 Å². The van der Waals surface area contributed by atoms with Gasteiger partial charge in [0.15, 0.2) is 0 Å². The van der Waals surface area contributed by atoms with Crippen molar-refractivity contribution in [3.05, 3.63) is 64.1 Å². The predicted octanol–water partition coefficient (Wildman–Crippen LogP) is 5.32. The van der Waals surface area contributed by atoms with Crippen molar-refractivity contribution < 1.29 is 0 Å². The average Bonchev–Trinajstić information content (AvgIpc) is 2.39. The molecule has 0 radical (unpaired) electrons. The Morgan fingerprint density at radius 1 is 1.11 bits per heavy atom. The molecule has 2 rings (SSSR count). The van der Waals surface area contributed by atoms with Crippen molar-refractivity contribution in [1.29, 1.82) is 0 Å². The van der Waals surface area contributed by atoms with E-state index in [0.717, 1.165) is 10.9 Å². The third kappa shape index (κ3) is 3.14. The highest BCUT2D eigenvalue weighted by Crippen LogP contribution is 2.26. The van der Waals surface area contributed by atoms with Crippen molar-refractivity contribution in [1.82, 2.24) is 0 Å². The van der Waals surface area contributed by atoms with Crippen LogP contribution in [0.2, 0.25) is 0 Å². The van der Waals surface area contributed by atoms with Crippen molar-refractivity contribution in [2.75, 3.05) is 5.32 Å². The van der Waals surface area contributed by atoms with Crippen LogP contribution in [0, 0.1) is 6.92 Å². The topological polar surface area (TPSA) is 12.0 Å². The predicted molar refractivity (Wildman–Crippen MR) is 82.0 cm³/mol. The fourth-order valence-electron chi connectivity index (χ4n) is 2.08. The summed E-state index contributed by atoms with van der Waals surface area (Å²) in [7, 11) is 0. The standard InChI is InChI=1S/C16H18BrN/c1-3-15(13-7-5-4-6-8-13)18-16-10-9-14(17)11-12(16)2/h4-11,15,18H,3H2,1-2H3. The monoisotopic (exact) mass is 303 g/mol. The van der Waals surface area contributed by atoms with Gasteiger partial charge in [-0.15, -0.1) is 0 Å². The Morgan fingerprint density at radius 3 is 2.44 bits per heavy atom. The van der Waals surface area contributed by atoms with Crippen LogP contribution >= 0.6 is 15.9 Å². The molecule has 0 fully saturated rings. The number of hydrogen-bond donors (Lipinski definition) is 1. The molecule has 0 aliphatic carbocycles. The van der Waals surface area contributed by atoms with Gasteiger partial charge in [0.05, 0.1) is 6.04 Å². The second-order valence-corrected chi connectivity index (χ2v) is 5.39. The Labute approximate surface area is 117 Å². The molecule has 0 bridgehead atoms. The summed E-state index contributed by atoms with van der Waals surface area (Å²) in [6.07, 6.45) is 1.07. The van der Waals surface area contributed by atoms with Crippen LogP contribution in [0.25, 0.3) is 0 Å². The number of hydrogen-bond acceptors (Lipinski definition) is 1. The maximum absolute atomic E-state index is 3.62. The number of benzene rings is 2. The Hall–Kier alpha value is -1.28. The molecular weight excluding hydrogens is 286 g/mol. The first kappa shape index (κ1) is 13.2. The van der Waals surface area contributed by atoms with Crippen molar-refractivity contribution in [3.8, 4) is 0 Å². The van der Waals surface area contributed by atoms with E-state index in [9.17, 15) is 0 Å². The first-order valence-electron chi connectivity index (χ1n) is 6.28. The first-order chi connectivity index (χ1) is 8.70. The van der Waals surface area contributed by atoms with Crippen LogP contribution < -0.4 is 5.32 Å². The zero-order chi connectivity index (χ0) is 13.0. The molecule has 1 N–H and O–H groups in total. The minimum atomic E-state index is 0.367. The van der Waals surface area contributed by atoms with Crippen LogP contribution in [0.15, 0.2) is 53.0 Å². The molecule has 1 nitrogen and oxygen atoms in total. The lowest BCUT2D eigenvalue weighted by Crippen LogP contribution is -2.10. The van der Waals surface area contributed by atoms with Gasteiger partial charge in [0.2, 0.25) is 0 Å². The Kier molecular flexibility index (Phi) is 4.43. The minimum absolute atomic E-state index is 0.367. The highest BCUT2D eigenvalue weighted by Gasteiger charge is 2.09. The molecule has 0 aliphatic heterocycles. The summed E-state index contributed by atoms with van der Waals surface area (Å²) >= 11 is 3.50. The highest BCUT2D eigenvalue weighted by atomic mass is 79.9. The summed E-state index contributed by atoms with van der Waals surface area (Å²) in [6.45, 7) is 4.34. The lowest BCUT2D eigenvalue weighted by atomic mass is 10.0. The molecule has 0 aliphatic rings. The smallest absolute Gasteiger partial charge is 0.0511 e. The molecule has 18 heavy (non-hydrogen) atoms. The van der Waals surface area contributed by atoms with Gasteiger partial charge >= 0.3 is 0 Å². The Bertz CT molecular complexity index is 508. The number of anilines is 1. The van der Waals surface area contributed by atoms with Crippen molar-refractivity contribution in [3.63, 3.8) is 0 Å². The molecule has 1 unspecified atom stereocenters. The van der Waals surface area contributed by atoms with E-state index in [2.05, 4.69) is 83.6 Å². The van der Waals surface area contributed by atoms with Gasteiger partial charge in [-0.2, -0.15) is 0 Å². The SMILES string of the molecule is CCC(Nc1ccc(Br)cc1C)c1ccccc1. The lowest BCUT2D eigenvalue weighted by molar-refractivity contribution is 0.748. The largest absolute Gasteiger partial charge is 0.378 e. The second-order valence-electron chi connectivity index (χ2n) is 4.48. The molecular formula is C16H18BrN. The van der Waals surface area contributed by atoms with Crippen molar-refractivity contribution >= 4 is 21.6 Å². The quantitative estimate of drug-likeness (QED) is 0.806. The zero-order valence-electron chi connectivity index (χ0n) is 10.8. The normalized spacial score (nSPS) is 12.2. The van der Waals surface area contributed by atoms with E-state index >= 15 is 0 Å². The lowest BCUT2D eigenvalue weighted by Gasteiger charge is -2.20. The molecule has 0 saturated heterocycles. The third-order valence-electron chi connectivity index (χ3n) is 3.13. The van der Waals surface area contributed by atoms with Gasteiger partial charge in [0.25, 0.3) is 0 Å². The fraction of sp³-hybridized carbons (Fsp3) is 0.250.